The highest BCUT2D eigenvalue weighted by atomic mass is 79.9. The lowest BCUT2D eigenvalue weighted by molar-refractivity contribution is 0.740. The second-order valence-corrected chi connectivity index (χ2v) is 5.83. The van der Waals surface area contributed by atoms with Crippen LogP contribution >= 0.6 is 15.9 Å². The van der Waals surface area contributed by atoms with Gasteiger partial charge >= 0.3 is 0 Å². The number of anilines is 1. The zero-order chi connectivity index (χ0) is 12.4. The molecule has 0 aliphatic heterocycles. The molecule has 0 amide bonds. The Morgan fingerprint density at radius 3 is 2.71 bits per heavy atom. The summed E-state index contributed by atoms with van der Waals surface area (Å²) in [5, 5.41) is 0. The molecule has 3 heteroatoms. The zero-order valence-corrected chi connectivity index (χ0v) is 12.2. The molecular formula is C14H21BrN2. The van der Waals surface area contributed by atoms with Crippen LogP contribution in [0.15, 0.2) is 22.7 Å². The topological polar surface area (TPSA) is 29.3 Å². The molecule has 0 heterocycles. The van der Waals surface area contributed by atoms with Crippen LogP contribution in [0.3, 0.4) is 0 Å². The Morgan fingerprint density at radius 2 is 2.18 bits per heavy atom. The molecule has 1 aliphatic rings. The number of rotatable bonds is 5. The van der Waals surface area contributed by atoms with Gasteiger partial charge in [-0.25, -0.2) is 0 Å². The standard InChI is InChI=1S/C14H21BrN2/c1-3-8-17(12-5-6-12)14-9-11(15)4-7-13(14)10(2)16/h4,7,9-10,12H,3,5-6,8,16H2,1-2H3. The van der Waals surface area contributed by atoms with Gasteiger partial charge in [0.15, 0.2) is 0 Å². The fraction of sp³-hybridized carbons (Fsp3) is 0.571. The molecule has 17 heavy (non-hydrogen) atoms. The maximum absolute atomic E-state index is 6.08. The molecule has 1 atom stereocenters. The molecule has 1 aromatic carbocycles. The lowest BCUT2D eigenvalue weighted by Gasteiger charge is -2.28. The van der Waals surface area contributed by atoms with Crippen molar-refractivity contribution in [2.24, 2.45) is 5.73 Å². The van der Waals surface area contributed by atoms with Crippen molar-refractivity contribution in [1.82, 2.24) is 0 Å². The number of halogens is 1. The summed E-state index contributed by atoms with van der Waals surface area (Å²) in [4.78, 5) is 2.53. The largest absolute Gasteiger partial charge is 0.368 e. The van der Waals surface area contributed by atoms with Crippen molar-refractivity contribution in [2.75, 3.05) is 11.4 Å². The molecule has 94 valence electrons. The van der Waals surface area contributed by atoms with Gasteiger partial charge in [-0.2, -0.15) is 0 Å². The Labute approximate surface area is 112 Å². The number of hydrogen-bond acceptors (Lipinski definition) is 2. The third kappa shape index (κ3) is 3.02. The monoisotopic (exact) mass is 296 g/mol. The SMILES string of the molecule is CCCN(c1cc(Br)ccc1C(C)N)C1CC1. The Morgan fingerprint density at radius 1 is 1.47 bits per heavy atom. The van der Waals surface area contributed by atoms with Gasteiger partial charge in [-0.1, -0.05) is 28.9 Å². The first-order valence-corrected chi connectivity index (χ1v) is 7.24. The van der Waals surface area contributed by atoms with Crippen molar-refractivity contribution in [3.05, 3.63) is 28.2 Å². The lowest BCUT2D eigenvalue weighted by Crippen LogP contribution is -2.28. The molecule has 2 nitrogen and oxygen atoms in total. The van der Waals surface area contributed by atoms with Crippen LogP contribution in [0.1, 0.15) is 44.7 Å². The number of benzene rings is 1. The fourth-order valence-electron chi connectivity index (χ4n) is 2.28. The smallest absolute Gasteiger partial charge is 0.0428 e. The molecule has 1 saturated carbocycles. The van der Waals surface area contributed by atoms with Crippen LogP contribution < -0.4 is 10.6 Å². The molecule has 0 spiro atoms. The van der Waals surface area contributed by atoms with Crippen LogP contribution in [-0.4, -0.2) is 12.6 Å². The molecule has 0 saturated heterocycles. The van der Waals surface area contributed by atoms with Gasteiger partial charge in [0.2, 0.25) is 0 Å². The Balaban J connectivity index is 2.35. The van der Waals surface area contributed by atoms with E-state index in [9.17, 15) is 0 Å². The Hall–Kier alpha value is -0.540. The van der Waals surface area contributed by atoms with Crippen LogP contribution in [0.5, 0.6) is 0 Å². The number of nitrogens with zero attached hydrogens (tertiary/aromatic N) is 1. The molecule has 2 rings (SSSR count). The van der Waals surface area contributed by atoms with E-state index in [0.29, 0.717) is 0 Å². The maximum atomic E-state index is 6.08. The highest BCUT2D eigenvalue weighted by Gasteiger charge is 2.30. The molecule has 1 fully saturated rings. The van der Waals surface area contributed by atoms with Crippen LogP contribution in [0.4, 0.5) is 5.69 Å². The van der Waals surface area contributed by atoms with Crippen LogP contribution in [0.2, 0.25) is 0 Å². The summed E-state index contributed by atoms with van der Waals surface area (Å²) in [6, 6.07) is 7.28. The van der Waals surface area contributed by atoms with E-state index in [4.69, 9.17) is 5.73 Å². The summed E-state index contributed by atoms with van der Waals surface area (Å²) in [7, 11) is 0. The normalized spacial score (nSPS) is 16.9. The van der Waals surface area contributed by atoms with Gasteiger partial charge in [0.05, 0.1) is 0 Å². The van der Waals surface area contributed by atoms with Gasteiger partial charge in [0, 0.05) is 28.8 Å². The molecule has 0 aromatic heterocycles. The van der Waals surface area contributed by atoms with Gasteiger partial charge in [0.25, 0.3) is 0 Å². The third-order valence-electron chi connectivity index (χ3n) is 3.24. The van der Waals surface area contributed by atoms with Crippen molar-refractivity contribution in [1.29, 1.82) is 0 Å². The minimum Gasteiger partial charge on any atom is -0.368 e. The van der Waals surface area contributed by atoms with Gasteiger partial charge in [0.1, 0.15) is 0 Å². The molecular weight excluding hydrogens is 276 g/mol. The van der Waals surface area contributed by atoms with Crippen LogP contribution in [-0.2, 0) is 0 Å². The first-order valence-electron chi connectivity index (χ1n) is 6.45. The zero-order valence-electron chi connectivity index (χ0n) is 10.6. The van der Waals surface area contributed by atoms with E-state index in [0.717, 1.165) is 17.1 Å². The summed E-state index contributed by atoms with van der Waals surface area (Å²) in [6.07, 6.45) is 3.83. The van der Waals surface area contributed by atoms with Crippen molar-refractivity contribution >= 4 is 21.6 Å². The third-order valence-corrected chi connectivity index (χ3v) is 3.74. The van der Waals surface area contributed by atoms with E-state index in [1.807, 2.05) is 0 Å². The van der Waals surface area contributed by atoms with Gasteiger partial charge in [-0.3, -0.25) is 0 Å². The molecule has 1 aliphatic carbocycles. The number of nitrogens with two attached hydrogens (primary N) is 1. The van der Waals surface area contributed by atoms with Crippen molar-refractivity contribution in [3.63, 3.8) is 0 Å². The Bertz CT molecular complexity index is 386. The highest BCUT2D eigenvalue weighted by Crippen LogP contribution is 2.36. The second kappa shape index (κ2) is 5.40. The first-order chi connectivity index (χ1) is 8.13. The predicted octanol–water partition coefficient (Wildman–Crippen LogP) is 3.85. The van der Waals surface area contributed by atoms with Gasteiger partial charge < -0.3 is 10.6 Å². The first kappa shape index (κ1) is 12.9. The summed E-state index contributed by atoms with van der Waals surface area (Å²) < 4.78 is 1.14. The lowest BCUT2D eigenvalue weighted by atomic mass is 10.1. The average molecular weight is 297 g/mol. The van der Waals surface area contributed by atoms with Crippen LogP contribution in [0.25, 0.3) is 0 Å². The molecule has 1 unspecified atom stereocenters. The predicted molar refractivity (Wildman–Crippen MR) is 77.4 cm³/mol. The minimum absolute atomic E-state index is 0.0937. The van der Waals surface area contributed by atoms with Gasteiger partial charge in [-0.15, -0.1) is 0 Å². The van der Waals surface area contributed by atoms with Crippen molar-refractivity contribution in [3.8, 4) is 0 Å². The van der Waals surface area contributed by atoms with E-state index in [1.165, 1.54) is 30.5 Å². The summed E-state index contributed by atoms with van der Waals surface area (Å²) in [5.41, 5.74) is 8.65. The molecule has 1 aromatic rings. The van der Waals surface area contributed by atoms with E-state index in [-0.39, 0.29) is 6.04 Å². The average Bonchev–Trinajstić information content (AvgIpc) is 3.09. The van der Waals surface area contributed by atoms with Crippen molar-refractivity contribution < 1.29 is 0 Å². The number of hydrogen-bond donors (Lipinski definition) is 1. The quantitative estimate of drug-likeness (QED) is 0.894. The van der Waals surface area contributed by atoms with E-state index in [1.54, 1.807) is 0 Å². The van der Waals surface area contributed by atoms with Crippen LogP contribution in [0, 0.1) is 0 Å². The molecule has 2 N–H and O–H groups in total. The summed E-state index contributed by atoms with van der Waals surface area (Å²) in [6.45, 7) is 5.42. The fourth-order valence-corrected chi connectivity index (χ4v) is 2.63. The maximum Gasteiger partial charge on any atom is 0.0428 e. The minimum atomic E-state index is 0.0937. The van der Waals surface area contributed by atoms with Gasteiger partial charge in [-0.05, 0) is 43.9 Å². The molecule has 0 bridgehead atoms. The van der Waals surface area contributed by atoms with Crippen molar-refractivity contribution in [2.45, 2.75) is 45.2 Å². The van der Waals surface area contributed by atoms with E-state index >= 15 is 0 Å². The second-order valence-electron chi connectivity index (χ2n) is 4.92. The highest BCUT2D eigenvalue weighted by molar-refractivity contribution is 9.10. The Kier molecular flexibility index (Phi) is 4.10. The molecule has 0 radical (unpaired) electrons. The van der Waals surface area contributed by atoms with E-state index in [2.05, 4.69) is 52.9 Å². The van der Waals surface area contributed by atoms with E-state index < -0.39 is 0 Å². The summed E-state index contributed by atoms with van der Waals surface area (Å²) >= 11 is 3.57. The summed E-state index contributed by atoms with van der Waals surface area (Å²) in [5.74, 6) is 0.